The smallest absolute Gasteiger partial charge is 0.748 e. The van der Waals surface area contributed by atoms with Crippen molar-refractivity contribution in [1.29, 1.82) is 0 Å². The van der Waals surface area contributed by atoms with Crippen molar-refractivity contribution < 1.29 is 47.3 Å². The molecule has 0 saturated heterocycles. The first-order valence-electron chi connectivity index (χ1n) is 14.9. The fraction of sp³-hybridized carbons (Fsp3) is 0.286. The molecule has 1 fully saturated rings. The zero-order valence-corrected chi connectivity index (χ0v) is 29.8. The molecule has 0 heterocycles. The molecule has 9 heteroatoms. The van der Waals surface area contributed by atoms with Crippen molar-refractivity contribution >= 4 is 53.1 Å². The molecule has 2 atom stereocenters. The molecule has 0 N–H and O–H groups in total. The van der Waals surface area contributed by atoms with Gasteiger partial charge in [-0.05, 0) is 62.2 Å². The Bertz CT molecular complexity index is 1380. The fourth-order valence-corrected chi connectivity index (χ4v) is 11.7. The van der Waals surface area contributed by atoms with Crippen LogP contribution in [0.1, 0.15) is 25.7 Å². The minimum Gasteiger partial charge on any atom is -0.748 e. The van der Waals surface area contributed by atoms with E-state index in [1.807, 2.05) is 29.2 Å². The van der Waals surface area contributed by atoms with E-state index in [-0.39, 0.29) is 41.9 Å². The number of hydrogen-bond acceptors (Lipinski definition) is 4. The molecule has 4 aromatic rings. The average molecular weight is 654 g/mol. The summed E-state index contributed by atoms with van der Waals surface area (Å²) in [7, 11) is -6.06. The van der Waals surface area contributed by atoms with Gasteiger partial charge in [0.15, 0.2) is 0 Å². The molecular weight excluding hydrogens is 615 g/mol. The summed E-state index contributed by atoms with van der Waals surface area (Å²) in [4.78, 5) is 16.1. The summed E-state index contributed by atoms with van der Waals surface area (Å²) < 4.78 is 36.8. The predicted octanol–water partition coefficient (Wildman–Crippen LogP) is 2.19. The molecule has 5 nitrogen and oxygen atoms in total. The second kappa shape index (κ2) is 17.2. The number of benzene rings is 4. The number of carbonyl (C=O) groups is 1. The maximum Gasteiger partial charge on any atom is 1.00 e. The van der Waals surface area contributed by atoms with Gasteiger partial charge in [0.2, 0.25) is 5.91 Å². The molecule has 44 heavy (non-hydrogen) atoms. The predicted molar refractivity (Wildman–Crippen MR) is 180 cm³/mol. The molecule has 0 aromatic heterocycles. The molecule has 4 aromatic carbocycles. The Morgan fingerprint density at radius 2 is 0.977 bits per heavy atom. The summed E-state index contributed by atoms with van der Waals surface area (Å²) >= 11 is 0. The molecule has 224 valence electrons. The quantitative estimate of drug-likeness (QED) is 0.134. The van der Waals surface area contributed by atoms with Crippen LogP contribution in [0.25, 0.3) is 0 Å². The first-order valence-corrected chi connectivity index (χ1v) is 19.4. The number of amides is 1. The van der Waals surface area contributed by atoms with Gasteiger partial charge in [0.05, 0.1) is 21.3 Å². The maximum atomic E-state index is 14.3. The Morgan fingerprint density at radius 3 is 1.32 bits per heavy atom. The molecule has 0 radical (unpaired) electrons. The number of carbonyl (C=O) groups excluding carboxylic acids is 1. The number of nitrogens with zero attached hydrogens (tertiary/aromatic N) is 1. The van der Waals surface area contributed by atoms with Crippen LogP contribution in [0.2, 0.25) is 0 Å². The van der Waals surface area contributed by atoms with E-state index < -0.39 is 37.1 Å². The van der Waals surface area contributed by atoms with Crippen molar-refractivity contribution in [3.63, 3.8) is 0 Å². The fourth-order valence-electron chi connectivity index (χ4n) is 5.98. The Balaban J connectivity index is 0.00000442. The van der Waals surface area contributed by atoms with Crippen molar-refractivity contribution in [2.75, 3.05) is 25.4 Å². The van der Waals surface area contributed by atoms with Crippen LogP contribution in [0.4, 0.5) is 0 Å². The molecule has 1 aliphatic carbocycles. The third-order valence-corrected chi connectivity index (χ3v) is 14.4. The monoisotopic (exact) mass is 653 g/mol. The second-order valence-electron chi connectivity index (χ2n) is 10.9. The summed E-state index contributed by atoms with van der Waals surface area (Å²) in [6.45, 7) is 1.01. The second-order valence-corrected chi connectivity index (χ2v) is 17.2. The van der Waals surface area contributed by atoms with E-state index in [0.717, 1.165) is 18.7 Å². The van der Waals surface area contributed by atoms with Crippen molar-refractivity contribution in [2.45, 2.75) is 30.9 Å². The van der Waals surface area contributed by atoms with Gasteiger partial charge in [0, 0.05) is 13.1 Å². The van der Waals surface area contributed by atoms with Crippen LogP contribution in [0.3, 0.4) is 0 Å². The molecule has 0 spiro atoms. The van der Waals surface area contributed by atoms with E-state index in [1.165, 1.54) is 21.2 Å². The van der Waals surface area contributed by atoms with Gasteiger partial charge < -0.3 is 9.45 Å². The summed E-state index contributed by atoms with van der Waals surface area (Å²) in [6, 6.07) is 41.7. The van der Waals surface area contributed by atoms with E-state index in [2.05, 4.69) is 97.1 Å². The average Bonchev–Trinajstić information content (AvgIpc) is 3.05. The van der Waals surface area contributed by atoms with Crippen LogP contribution in [0.15, 0.2) is 121 Å². The largest absolute Gasteiger partial charge is 1.00 e. The van der Waals surface area contributed by atoms with Crippen molar-refractivity contribution in [3.05, 3.63) is 121 Å². The molecular formula is C35H38NNaO4P2S. The van der Waals surface area contributed by atoms with Crippen molar-refractivity contribution in [3.8, 4) is 0 Å². The van der Waals surface area contributed by atoms with Gasteiger partial charge in [-0.25, -0.2) is 8.42 Å². The maximum absolute atomic E-state index is 14.3. The van der Waals surface area contributed by atoms with Gasteiger partial charge >= 0.3 is 29.6 Å². The Kier molecular flexibility index (Phi) is 13.6. The minimum absolute atomic E-state index is 0. The third kappa shape index (κ3) is 9.33. The first kappa shape index (κ1) is 35.0. The summed E-state index contributed by atoms with van der Waals surface area (Å²) in [5.41, 5.74) is 0. The molecule has 1 amide bonds. The third-order valence-electron chi connectivity index (χ3n) is 8.16. The standard InChI is InChI=1S/C35H39NO4P2S.Na/c37-35(33-23-13-14-24-34(33)43(38,39)40)36(25-27-41(29-15-5-1-6-16-29)30-17-7-2-8-18-30)26-28-42(31-19-9-3-10-20-31)32-21-11-4-12-22-32;/h1-12,15-22,33-34H,13-14,23-28H2,(H,38,39,40);/q;+1/p-1. The van der Waals surface area contributed by atoms with Crippen LogP contribution in [-0.2, 0) is 14.9 Å². The van der Waals surface area contributed by atoms with Gasteiger partial charge in [-0.2, -0.15) is 0 Å². The molecule has 0 bridgehead atoms. The van der Waals surface area contributed by atoms with E-state index in [9.17, 15) is 17.8 Å². The topological polar surface area (TPSA) is 77.5 Å². The molecule has 1 saturated carbocycles. The normalized spacial score (nSPS) is 16.8. The SMILES string of the molecule is O=C(C1CCCCC1S(=O)(=O)[O-])N(CCP(c1ccccc1)c1ccccc1)CCP(c1ccccc1)c1ccccc1.[Na+]. The zero-order valence-electron chi connectivity index (χ0n) is 25.2. The Morgan fingerprint density at radius 1 is 0.636 bits per heavy atom. The van der Waals surface area contributed by atoms with E-state index in [4.69, 9.17) is 0 Å². The first-order chi connectivity index (χ1) is 20.9. The Labute approximate surface area is 287 Å². The molecule has 2 unspecified atom stereocenters. The van der Waals surface area contributed by atoms with Crippen molar-refractivity contribution in [2.24, 2.45) is 5.92 Å². The summed E-state index contributed by atoms with van der Waals surface area (Å²) in [5.74, 6) is -0.966. The zero-order chi connectivity index (χ0) is 30.1. The molecule has 1 aliphatic rings. The van der Waals surface area contributed by atoms with Gasteiger partial charge in [0.25, 0.3) is 0 Å². The van der Waals surface area contributed by atoms with E-state index >= 15 is 0 Å². The minimum atomic E-state index is -4.58. The van der Waals surface area contributed by atoms with Gasteiger partial charge in [-0.15, -0.1) is 0 Å². The summed E-state index contributed by atoms with van der Waals surface area (Å²) in [5, 5.41) is 3.81. The van der Waals surface area contributed by atoms with Crippen LogP contribution in [-0.4, -0.2) is 54.4 Å². The van der Waals surface area contributed by atoms with Gasteiger partial charge in [0.1, 0.15) is 0 Å². The van der Waals surface area contributed by atoms with Crippen LogP contribution in [0, 0.1) is 5.92 Å². The number of rotatable bonds is 12. The van der Waals surface area contributed by atoms with Gasteiger partial charge in [-0.1, -0.05) is 134 Å². The van der Waals surface area contributed by atoms with Crippen molar-refractivity contribution in [1.82, 2.24) is 4.90 Å². The molecule has 0 aliphatic heterocycles. The van der Waals surface area contributed by atoms with Crippen LogP contribution in [0.5, 0.6) is 0 Å². The van der Waals surface area contributed by atoms with Crippen LogP contribution >= 0.6 is 15.8 Å². The number of hydrogen-bond donors (Lipinski definition) is 0. The Hall–Kier alpha value is -1.88. The van der Waals surface area contributed by atoms with Crippen LogP contribution < -0.4 is 50.8 Å². The van der Waals surface area contributed by atoms with Gasteiger partial charge in [-0.3, -0.25) is 4.79 Å². The summed E-state index contributed by atoms with van der Waals surface area (Å²) in [6.07, 6.45) is 3.64. The van der Waals surface area contributed by atoms with E-state index in [1.54, 1.807) is 0 Å². The molecule has 5 rings (SSSR count). The van der Waals surface area contributed by atoms with E-state index in [0.29, 0.717) is 25.9 Å².